The number of ether oxygens (including phenoxy) is 4. The van der Waals surface area contributed by atoms with Crippen molar-refractivity contribution in [1.82, 2.24) is 0 Å². The highest BCUT2D eigenvalue weighted by Gasteiger charge is 2.39. The minimum Gasteiger partial charge on any atom is -0.490 e. The fraction of sp³-hybridized carbons (Fsp3) is 0.316. The second kappa shape index (κ2) is 7.57. The Hall–Kier alpha value is -2.97. The quantitative estimate of drug-likeness (QED) is 0.494. The van der Waals surface area contributed by atoms with Crippen LogP contribution in [0.2, 0.25) is 0 Å². The van der Waals surface area contributed by atoms with Gasteiger partial charge in [-0.25, -0.2) is 4.79 Å². The van der Waals surface area contributed by atoms with Crippen LogP contribution in [0.1, 0.15) is 34.7 Å². The minimum atomic E-state index is -5.04. The molecule has 150 valence electrons. The molecule has 0 amide bonds. The van der Waals surface area contributed by atoms with Crippen LogP contribution in [0, 0.1) is 5.82 Å². The summed E-state index contributed by atoms with van der Waals surface area (Å²) in [6, 6.07) is 7.05. The first kappa shape index (κ1) is 19.8. The minimum absolute atomic E-state index is 0.0665. The van der Waals surface area contributed by atoms with Crippen LogP contribution in [0.15, 0.2) is 30.3 Å². The molecule has 0 spiro atoms. The van der Waals surface area contributed by atoms with Crippen LogP contribution in [0.3, 0.4) is 0 Å². The maximum Gasteiger partial charge on any atom is 0.573 e. The molecule has 0 aliphatic heterocycles. The summed E-state index contributed by atoms with van der Waals surface area (Å²) in [4.78, 5) is 11.5. The summed E-state index contributed by atoms with van der Waals surface area (Å²) in [7, 11) is 2.35. The van der Waals surface area contributed by atoms with E-state index in [0.29, 0.717) is 12.8 Å². The lowest BCUT2D eigenvalue weighted by molar-refractivity contribution is -0.275. The van der Waals surface area contributed by atoms with E-state index in [4.69, 9.17) is 9.47 Å². The summed E-state index contributed by atoms with van der Waals surface area (Å²) in [6.45, 7) is 0. The molecule has 0 atom stereocenters. The van der Waals surface area contributed by atoms with Crippen molar-refractivity contribution in [3.8, 4) is 23.0 Å². The molecule has 1 aliphatic carbocycles. The van der Waals surface area contributed by atoms with E-state index in [-0.39, 0.29) is 28.5 Å². The average molecular weight is 400 g/mol. The van der Waals surface area contributed by atoms with Crippen LogP contribution in [0.4, 0.5) is 17.6 Å². The smallest absolute Gasteiger partial charge is 0.490 e. The molecule has 1 aliphatic rings. The molecule has 0 unspecified atom stereocenters. The van der Waals surface area contributed by atoms with Crippen LogP contribution in [-0.4, -0.2) is 26.6 Å². The van der Waals surface area contributed by atoms with E-state index in [2.05, 4.69) is 9.47 Å². The van der Waals surface area contributed by atoms with Gasteiger partial charge in [-0.3, -0.25) is 0 Å². The van der Waals surface area contributed by atoms with Gasteiger partial charge in [0.05, 0.1) is 19.8 Å². The largest absolute Gasteiger partial charge is 0.573 e. The number of rotatable bonds is 6. The monoisotopic (exact) mass is 400 g/mol. The number of alkyl halides is 3. The summed E-state index contributed by atoms with van der Waals surface area (Å²) in [5, 5.41) is 0. The van der Waals surface area contributed by atoms with Gasteiger partial charge in [-0.15, -0.1) is 13.2 Å². The first-order valence-corrected chi connectivity index (χ1v) is 8.26. The first-order valence-electron chi connectivity index (χ1n) is 8.26. The molecule has 1 fully saturated rings. The maximum atomic E-state index is 14.7. The van der Waals surface area contributed by atoms with Crippen molar-refractivity contribution in [2.45, 2.75) is 25.1 Å². The number of carbonyl (C=O) groups is 1. The molecule has 1 saturated carbocycles. The average Bonchev–Trinajstić information content (AvgIpc) is 3.48. The van der Waals surface area contributed by atoms with Gasteiger partial charge < -0.3 is 18.9 Å². The Kier molecular flexibility index (Phi) is 5.35. The van der Waals surface area contributed by atoms with Crippen molar-refractivity contribution >= 4 is 5.97 Å². The van der Waals surface area contributed by atoms with Gasteiger partial charge >= 0.3 is 12.3 Å². The van der Waals surface area contributed by atoms with Gasteiger partial charge in [-0.2, -0.15) is 4.39 Å². The molecule has 2 aromatic carbocycles. The Morgan fingerprint density at radius 1 is 1.07 bits per heavy atom. The van der Waals surface area contributed by atoms with Gasteiger partial charge in [0.1, 0.15) is 5.75 Å². The van der Waals surface area contributed by atoms with Crippen LogP contribution in [-0.2, 0) is 4.74 Å². The zero-order chi connectivity index (χ0) is 20.5. The fourth-order valence-corrected chi connectivity index (χ4v) is 2.70. The molecule has 28 heavy (non-hydrogen) atoms. The summed E-state index contributed by atoms with van der Waals surface area (Å²) < 4.78 is 71.9. The van der Waals surface area contributed by atoms with Crippen molar-refractivity contribution < 1.29 is 41.3 Å². The molecule has 0 heterocycles. The highest BCUT2D eigenvalue weighted by atomic mass is 19.4. The van der Waals surface area contributed by atoms with Crippen molar-refractivity contribution in [2.24, 2.45) is 0 Å². The standard InChI is InChI=1S/C19H16F4O5/c1-25-17-14(27-12-7-5-11(6-8-12)18(24)26-2)9-13(10-3-4-10)16(15(17)20)28-19(21,22)23/h5-10H,3-4H2,1-2H3. The second-order valence-electron chi connectivity index (χ2n) is 6.08. The Morgan fingerprint density at radius 2 is 1.71 bits per heavy atom. The lowest BCUT2D eigenvalue weighted by atomic mass is 10.1. The van der Waals surface area contributed by atoms with Gasteiger partial charge in [0.15, 0.2) is 11.5 Å². The van der Waals surface area contributed by atoms with E-state index in [0.717, 1.165) is 7.11 Å². The third kappa shape index (κ3) is 4.29. The predicted octanol–water partition coefficient (Wildman–Crippen LogP) is 5.19. The topological polar surface area (TPSA) is 54.0 Å². The van der Waals surface area contributed by atoms with Crippen molar-refractivity contribution in [3.63, 3.8) is 0 Å². The van der Waals surface area contributed by atoms with Crippen molar-refractivity contribution in [1.29, 1.82) is 0 Å². The second-order valence-corrected chi connectivity index (χ2v) is 6.08. The summed E-state index contributed by atoms with van der Waals surface area (Å²) >= 11 is 0. The molecule has 0 N–H and O–H groups in total. The van der Waals surface area contributed by atoms with Crippen molar-refractivity contribution in [2.75, 3.05) is 14.2 Å². The van der Waals surface area contributed by atoms with E-state index < -0.39 is 29.6 Å². The summed E-state index contributed by atoms with van der Waals surface area (Å²) in [5.74, 6) is -3.35. The number of hydrogen-bond donors (Lipinski definition) is 0. The van der Waals surface area contributed by atoms with Crippen LogP contribution in [0.25, 0.3) is 0 Å². The first-order chi connectivity index (χ1) is 13.2. The van der Waals surface area contributed by atoms with E-state index in [1.807, 2.05) is 0 Å². The van der Waals surface area contributed by atoms with Gasteiger partial charge in [-0.05, 0) is 49.1 Å². The van der Waals surface area contributed by atoms with Gasteiger partial charge in [0.2, 0.25) is 11.6 Å². The Morgan fingerprint density at radius 3 is 2.21 bits per heavy atom. The summed E-state index contributed by atoms with van der Waals surface area (Å²) in [6.07, 6.45) is -3.80. The molecular formula is C19H16F4O5. The number of esters is 1. The van der Waals surface area contributed by atoms with Crippen LogP contribution < -0.4 is 14.2 Å². The van der Waals surface area contributed by atoms with E-state index in [1.54, 1.807) is 0 Å². The normalized spacial score (nSPS) is 13.8. The van der Waals surface area contributed by atoms with E-state index in [9.17, 15) is 22.4 Å². The number of carbonyl (C=O) groups excluding carboxylic acids is 1. The molecule has 3 rings (SSSR count). The van der Waals surface area contributed by atoms with E-state index >= 15 is 0 Å². The van der Waals surface area contributed by atoms with Gasteiger partial charge in [0.25, 0.3) is 0 Å². The lowest BCUT2D eigenvalue weighted by Gasteiger charge is -2.18. The Balaban J connectivity index is 1.97. The Bertz CT molecular complexity index is 873. The van der Waals surface area contributed by atoms with Crippen molar-refractivity contribution in [3.05, 3.63) is 47.3 Å². The molecule has 0 saturated heterocycles. The Labute approximate surface area is 157 Å². The number of halogens is 4. The molecule has 0 bridgehead atoms. The SMILES string of the molecule is COC(=O)c1ccc(Oc2cc(C3CC3)c(OC(F)(F)F)c(F)c2OC)cc1. The van der Waals surface area contributed by atoms with Crippen LogP contribution >= 0.6 is 0 Å². The number of hydrogen-bond acceptors (Lipinski definition) is 5. The van der Waals surface area contributed by atoms with Gasteiger partial charge in [-0.1, -0.05) is 0 Å². The molecule has 0 radical (unpaired) electrons. The predicted molar refractivity (Wildman–Crippen MR) is 89.5 cm³/mol. The highest BCUT2D eigenvalue weighted by Crippen LogP contribution is 2.51. The molecule has 9 heteroatoms. The molecule has 0 aromatic heterocycles. The summed E-state index contributed by atoms with van der Waals surface area (Å²) in [5.41, 5.74) is 0.345. The zero-order valence-corrected chi connectivity index (χ0v) is 14.9. The van der Waals surface area contributed by atoms with Crippen LogP contribution in [0.5, 0.6) is 23.0 Å². The maximum absolute atomic E-state index is 14.7. The third-order valence-corrected chi connectivity index (χ3v) is 4.11. The lowest BCUT2D eigenvalue weighted by Crippen LogP contribution is -2.19. The number of benzene rings is 2. The molecule has 5 nitrogen and oxygen atoms in total. The number of methoxy groups -OCH3 is 2. The third-order valence-electron chi connectivity index (χ3n) is 4.11. The molecule has 2 aromatic rings. The molecular weight excluding hydrogens is 384 g/mol. The zero-order valence-electron chi connectivity index (χ0n) is 14.9. The van der Waals surface area contributed by atoms with Gasteiger partial charge in [0, 0.05) is 5.56 Å². The fourth-order valence-electron chi connectivity index (χ4n) is 2.70. The highest BCUT2D eigenvalue weighted by molar-refractivity contribution is 5.89. The van der Waals surface area contributed by atoms with E-state index in [1.165, 1.54) is 37.4 Å².